The first-order valence-corrected chi connectivity index (χ1v) is 5.28. The lowest BCUT2D eigenvalue weighted by atomic mass is 10.3. The van der Waals surface area contributed by atoms with E-state index in [2.05, 4.69) is 12.0 Å². The van der Waals surface area contributed by atoms with Crippen molar-refractivity contribution in [1.29, 1.82) is 0 Å². The fourth-order valence-corrected chi connectivity index (χ4v) is 1.47. The van der Waals surface area contributed by atoms with Gasteiger partial charge in [0.25, 0.3) is 0 Å². The summed E-state index contributed by atoms with van der Waals surface area (Å²) >= 11 is 0. The molecule has 0 saturated heterocycles. The van der Waals surface area contributed by atoms with Crippen LogP contribution >= 0.6 is 0 Å². The summed E-state index contributed by atoms with van der Waals surface area (Å²) in [5, 5.41) is 3.31. The molecular formula is C14H15N2+. The minimum atomic E-state index is 0.689. The van der Waals surface area contributed by atoms with Crippen LogP contribution in [0.25, 0.3) is 0 Å². The minimum Gasteiger partial charge on any atom is -0.330 e. The van der Waals surface area contributed by atoms with Gasteiger partial charge in [-0.1, -0.05) is 36.4 Å². The zero-order valence-corrected chi connectivity index (χ0v) is 9.13. The van der Waals surface area contributed by atoms with Gasteiger partial charge in [-0.05, 0) is 12.1 Å². The molecule has 80 valence electrons. The fourth-order valence-electron chi connectivity index (χ4n) is 1.47. The van der Waals surface area contributed by atoms with Crippen molar-refractivity contribution in [2.45, 2.75) is 0 Å². The van der Waals surface area contributed by atoms with E-state index in [0.29, 0.717) is 6.67 Å². The highest BCUT2D eigenvalue weighted by molar-refractivity contribution is 5.42. The van der Waals surface area contributed by atoms with Gasteiger partial charge in [0.1, 0.15) is 6.72 Å². The van der Waals surface area contributed by atoms with Gasteiger partial charge >= 0.3 is 0 Å². The van der Waals surface area contributed by atoms with E-state index in [0.717, 1.165) is 11.4 Å². The maximum absolute atomic E-state index is 3.99. The van der Waals surface area contributed by atoms with Gasteiger partial charge in [-0.25, -0.2) is 0 Å². The Morgan fingerprint density at radius 1 is 0.875 bits per heavy atom. The molecular weight excluding hydrogens is 196 g/mol. The topological polar surface area (TPSA) is 15.0 Å². The van der Waals surface area contributed by atoms with E-state index >= 15 is 0 Å². The highest BCUT2D eigenvalue weighted by atomic mass is 15.1. The monoisotopic (exact) mass is 211 g/mol. The molecule has 0 bridgehead atoms. The molecule has 0 fully saturated rings. The molecule has 0 aliphatic heterocycles. The Bertz CT molecular complexity index is 449. The summed E-state index contributed by atoms with van der Waals surface area (Å²) in [5.74, 6) is 0. The first kappa shape index (κ1) is 10.4. The minimum absolute atomic E-state index is 0.689. The lowest BCUT2D eigenvalue weighted by Gasteiger charge is -2.04. The Labute approximate surface area is 95.9 Å². The van der Waals surface area contributed by atoms with Crippen LogP contribution in [-0.2, 0) is 0 Å². The number of hydrogen-bond acceptors (Lipinski definition) is 1. The summed E-state index contributed by atoms with van der Waals surface area (Å²) in [6.45, 7) is 4.68. The number of nitrogens with zero attached hydrogens (tertiary/aromatic N) is 1. The van der Waals surface area contributed by atoms with E-state index in [1.165, 1.54) is 0 Å². The van der Waals surface area contributed by atoms with Gasteiger partial charge in [-0.15, -0.1) is 0 Å². The van der Waals surface area contributed by atoms with E-state index in [1.54, 1.807) is 0 Å². The van der Waals surface area contributed by atoms with Crippen LogP contribution in [0.4, 0.5) is 11.4 Å². The largest absolute Gasteiger partial charge is 0.330 e. The smallest absolute Gasteiger partial charge is 0.221 e. The Morgan fingerprint density at radius 2 is 1.44 bits per heavy atom. The normalized spacial score (nSPS) is 9.75. The summed E-state index contributed by atoms with van der Waals surface area (Å²) in [4.78, 5) is 0. The molecule has 0 aliphatic carbocycles. The summed E-state index contributed by atoms with van der Waals surface area (Å²) in [6.07, 6.45) is 0. The number of rotatable bonds is 4. The third-order valence-corrected chi connectivity index (χ3v) is 2.37. The molecule has 2 nitrogen and oxygen atoms in total. The van der Waals surface area contributed by atoms with Crippen LogP contribution in [0.5, 0.6) is 0 Å². The zero-order valence-electron chi connectivity index (χ0n) is 9.13. The Kier molecular flexibility index (Phi) is 3.34. The third kappa shape index (κ3) is 2.70. The summed E-state index contributed by atoms with van der Waals surface area (Å²) in [5.41, 5.74) is 2.21. The van der Waals surface area contributed by atoms with Gasteiger partial charge in [0.05, 0.1) is 0 Å². The Morgan fingerprint density at radius 3 is 2.06 bits per heavy atom. The molecule has 0 saturated carbocycles. The highest BCUT2D eigenvalue weighted by Gasteiger charge is 2.03. The average Bonchev–Trinajstić information content (AvgIpc) is 2.38. The standard InChI is InChI=1S/C14H15N2/c1-16(14-10-6-3-7-11-14)12-15-13-8-4-2-5-9-13/h2-11,15H,1,12H2/q+1. The Hall–Kier alpha value is -2.09. The van der Waals surface area contributed by atoms with Crippen molar-refractivity contribution < 1.29 is 4.58 Å². The summed E-state index contributed by atoms with van der Waals surface area (Å²) < 4.78 is 1.92. The molecule has 0 aromatic heterocycles. The van der Waals surface area contributed by atoms with Crippen LogP contribution in [0.3, 0.4) is 0 Å². The SMILES string of the molecule is C=[N+](CNc1ccccc1)c1ccccc1. The molecule has 1 N–H and O–H groups in total. The van der Waals surface area contributed by atoms with Crippen LogP contribution in [0.1, 0.15) is 0 Å². The van der Waals surface area contributed by atoms with Crippen LogP contribution in [0, 0.1) is 0 Å². The second-order valence-corrected chi connectivity index (χ2v) is 3.58. The molecule has 0 amide bonds. The predicted octanol–water partition coefficient (Wildman–Crippen LogP) is 3.10. The molecule has 2 aromatic rings. The third-order valence-electron chi connectivity index (χ3n) is 2.37. The molecule has 2 rings (SSSR count). The van der Waals surface area contributed by atoms with E-state index < -0.39 is 0 Å². The van der Waals surface area contributed by atoms with E-state index in [-0.39, 0.29) is 0 Å². The summed E-state index contributed by atoms with van der Waals surface area (Å²) in [6, 6.07) is 20.2. The van der Waals surface area contributed by atoms with Crippen molar-refractivity contribution in [2.24, 2.45) is 0 Å². The summed E-state index contributed by atoms with van der Waals surface area (Å²) in [7, 11) is 0. The molecule has 0 atom stereocenters. The molecule has 0 unspecified atom stereocenters. The first-order valence-electron chi connectivity index (χ1n) is 5.28. The van der Waals surface area contributed by atoms with Gasteiger partial charge < -0.3 is 5.32 Å². The molecule has 0 radical (unpaired) electrons. The van der Waals surface area contributed by atoms with Crippen molar-refractivity contribution in [3.63, 3.8) is 0 Å². The predicted molar refractivity (Wildman–Crippen MR) is 68.4 cm³/mol. The van der Waals surface area contributed by atoms with E-state index in [1.807, 2.05) is 65.2 Å². The number of nitrogens with one attached hydrogen (secondary N) is 1. The number of para-hydroxylation sites is 2. The van der Waals surface area contributed by atoms with Gasteiger partial charge in [-0.3, -0.25) is 0 Å². The van der Waals surface area contributed by atoms with Crippen molar-refractivity contribution in [2.75, 3.05) is 12.0 Å². The molecule has 2 heteroatoms. The van der Waals surface area contributed by atoms with Gasteiger partial charge in [0, 0.05) is 17.8 Å². The fraction of sp³-hybridized carbons (Fsp3) is 0.0714. The quantitative estimate of drug-likeness (QED) is 0.466. The highest BCUT2D eigenvalue weighted by Crippen LogP contribution is 2.10. The zero-order chi connectivity index (χ0) is 11.2. The van der Waals surface area contributed by atoms with Gasteiger partial charge in [-0.2, -0.15) is 4.58 Å². The second-order valence-electron chi connectivity index (χ2n) is 3.58. The van der Waals surface area contributed by atoms with Gasteiger partial charge in [0.15, 0.2) is 0 Å². The van der Waals surface area contributed by atoms with E-state index in [4.69, 9.17) is 0 Å². The lowest BCUT2D eigenvalue weighted by Crippen LogP contribution is -2.13. The average molecular weight is 211 g/mol. The maximum atomic E-state index is 3.99. The van der Waals surface area contributed by atoms with Crippen LogP contribution in [0.15, 0.2) is 60.7 Å². The second kappa shape index (κ2) is 5.12. The molecule has 0 spiro atoms. The van der Waals surface area contributed by atoms with Crippen LogP contribution in [0.2, 0.25) is 0 Å². The van der Waals surface area contributed by atoms with Gasteiger partial charge in [0.2, 0.25) is 12.4 Å². The number of anilines is 1. The maximum Gasteiger partial charge on any atom is 0.221 e. The lowest BCUT2D eigenvalue weighted by molar-refractivity contribution is -0.423. The Balaban J connectivity index is 1.95. The molecule has 16 heavy (non-hydrogen) atoms. The van der Waals surface area contributed by atoms with E-state index in [9.17, 15) is 0 Å². The van der Waals surface area contributed by atoms with Crippen molar-refractivity contribution in [3.8, 4) is 0 Å². The van der Waals surface area contributed by atoms with Crippen molar-refractivity contribution in [1.82, 2.24) is 0 Å². The van der Waals surface area contributed by atoms with Crippen LogP contribution in [-0.4, -0.2) is 18.0 Å². The van der Waals surface area contributed by atoms with Crippen LogP contribution < -0.4 is 5.32 Å². The van der Waals surface area contributed by atoms with Crippen molar-refractivity contribution in [3.05, 3.63) is 60.7 Å². The number of benzene rings is 2. The van der Waals surface area contributed by atoms with Crippen molar-refractivity contribution >= 4 is 18.1 Å². The number of hydrogen-bond donors (Lipinski definition) is 1. The molecule has 2 aromatic carbocycles. The first-order chi connectivity index (χ1) is 7.86. The molecule has 0 heterocycles. The molecule has 0 aliphatic rings.